The summed E-state index contributed by atoms with van der Waals surface area (Å²) in [5.74, 6) is -0.851. The van der Waals surface area contributed by atoms with Crippen molar-refractivity contribution in [2.45, 2.75) is 31.6 Å². The molecule has 0 N–H and O–H groups in total. The average molecular weight is 311 g/mol. The SMILES string of the molecule is COC(=O)Cc1ccccc1CN1C(=O)C(C)(C)S1(=O)=O. The van der Waals surface area contributed by atoms with Crippen LogP contribution in [-0.2, 0) is 37.3 Å². The number of rotatable bonds is 4. The molecule has 114 valence electrons. The minimum Gasteiger partial charge on any atom is -0.469 e. The van der Waals surface area contributed by atoms with Gasteiger partial charge in [0.05, 0.1) is 20.1 Å². The van der Waals surface area contributed by atoms with E-state index in [1.54, 1.807) is 24.3 Å². The van der Waals surface area contributed by atoms with E-state index < -0.39 is 26.6 Å². The largest absolute Gasteiger partial charge is 0.469 e. The van der Waals surface area contributed by atoms with Crippen molar-refractivity contribution in [2.24, 2.45) is 0 Å². The van der Waals surface area contributed by atoms with Crippen LogP contribution < -0.4 is 0 Å². The first kappa shape index (κ1) is 15.5. The van der Waals surface area contributed by atoms with Crippen molar-refractivity contribution < 1.29 is 22.7 Å². The summed E-state index contributed by atoms with van der Waals surface area (Å²) in [5.41, 5.74) is 1.27. The summed E-state index contributed by atoms with van der Waals surface area (Å²) >= 11 is 0. The molecular formula is C14H17NO5S. The molecule has 0 aliphatic carbocycles. The van der Waals surface area contributed by atoms with Gasteiger partial charge in [-0.25, -0.2) is 12.7 Å². The van der Waals surface area contributed by atoms with Gasteiger partial charge < -0.3 is 4.74 Å². The molecule has 1 aromatic carbocycles. The lowest BCUT2D eigenvalue weighted by Crippen LogP contribution is -2.66. The van der Waals surface area contributed by atoms with Gasteiger partial charge in [0.25, 0.3) is 15.9 Å². The predicted octanol–water partition coefficient (Wildman–Crippen LogP) is 0.853. The second-order valence-electron chi connectivity index (χ2n) is 5.35. The summed E-state index contributed by atoms with van der Waals surface area (Å²) in [7, 11) is -2.34. The molecule has 6 nitrogen and oxygen atoms in total. The molecule has 7 heteroatoms. The molecule has 0 bridgehead atoms. The highest BCUT2D eigenvalue weighted by Gasteiger charge is 2.59. The van der Waals surface area contributed by atoms with Crippen LogP contribution in [0.25, 0.3) is 0 Å². The lowest BCUT2D eigenvalue weighted by molar-refractivity contribution is -0.139. The minimum absolute atomic E-state index is 0.0398. The Morgan fingerprint density at radius 1 is 1.24 bits per heavy atom. The highest BCUT2D eigenvalue weighted by atomic mass is 32.2. The third-order valence-corrected chi connectivity index (χ3v) is 6.01. The maximum Gasteiger partial charge on any atom is 0.309 e. The topological polar surface area (TPSA) is 80.8 Å². The zero-order chi connectivity index (χ0) is 15.8. The molecule has 0 radical (unpaired) electrons. The van der Waals surface area contributed by atoms with Crippen LogP contribution in [0.5, 0.6) is 0 Å². The molecule has 21 heavy (non-hydrogen) atoms. The maximum absolute atomic E-state index is 12.1. The van der Waals surface area contributed by atoms with E-state index in [2.05, 4.69) is 4.74 Å². The number of methoxy groups -OCH3 is 1. The standard InChI is InChI=1S/C14H17NO5S/c1-14(2)13(17)15(21(14,18)19)9-11-7-5-4-6-10(11)8-12(16)20-3/h4-7H,8-9H2,1-3H3. The Hall–Kier alpha value is -1.89. The van der Waals surface area contributed by atoms with Gasteiger partial charge in [0.15, 0.2) is 4.75 Å². The summed E-state index contributed by atoms with van der Waals surface area (Å²) in [4.78, 5) is 23.3. The lowest BCUT2D eigenvalue weighted by Gasteiger charge is -2.43. The minimum atomic E-state index is -3.63. The van der Waals surface area contributed by atoms with Gasteiger partial charge in [0.2, 0.25) is 0 Å². The number of esters is 1. The summed E-state index contributed by atoms with van der Waals surface area (Å²) in [6.07, 6.45) is 0.0398. The Bertz CT molecular complexity index is 693. The third-order valence-electron chi connectivity index (χ3n) is 3.67. The number of hydrogen-bond acceptors (Lipinski definition) is 5. The van der Waals surface area contributed by atoms with Crippen LogP contribution in [0.3, 0.4) is 0 Å². The van der Waals surface area contributed by atoms with Gasteiger partial charge in [0, 0.05) is 0 Å². The third kappa shape index (κ3) is 2.42. The number of hydrogen-bond donors (Lipinski definition) is 0. The van der Waals surface area contributed by atoms with Crippen molar-refractivity contribution in [3.8, 4) is 0 Å². The van der Waals surface area contributed by atoms with Gasteiger partial charge in [0.1, 0.15) is 0 Å². The van der Waals surface area contributed by atoms with Crippen molar-refractivity contribution in [3.05, 3.63) is 35.4 Å². The van der Waals surface area contributed by atoms with E-state index in [0.717, 1.165) is 4.31 Å². The van der Waals surface area contributed by atoms with Gasteiger partial charge in [-0.15, -0.1) is 0 Å². The molecule has 1 heterocycles. The molecule has 0 aromatic heterocycles. The number of ether oxygens (including phenoxy) is 1. The van der Waals surface area contributed by atoms with Crippen LogP contribution in [0, 0.1) is 0 Å². The second kappa shape index (κ2) is 5.14. The lowest BCUT2D eigenvalue weighted by atomic mass is 10.0. The van der Waals surface area contributed by atoms with Gasteiger partial charge in [-0.1, -0.05) is 24.3 Å². The summed E-state index contributed by atoms with van der Waals surface area (Å²) in [6.45, 7) is 2.72. The summed E-state index contributed by atoms with van der Waals surface area (Å²) in [6, 6.07) is 6.90. The van der Waals surface area contributed by atoms with Crippen LogP contribution in [0.15, 0.2) is 24.3 Å². The average Bonchev–Trinajstić information content (AvgIpc) is 2.44. The first-order valence-corrected chi connectivity index (χ1v) is 7.86. The van der Waals surface area contributed by atoms with E-state index in [1.807, 2.05) is 0 Å². The van der Waals surface area contributed by atoms with E-state index in [9.17, 15) is 18.0 Å². The zero-order valence-corrected chi connectivity index (χ0v) is 12.9. The van der Waals surface area contributed by atoms with Gasteiger partial charge in [-0.05, 0) is 25.0 Å². The highest BCUT2D eigenvalue weighted by Crippen LogP contribution is 2.36. The molecule has 1 aromatic rings. The van der Waals surface area contributed by atoms with Crippen molar-refractivity contribution in [3.63, 3.8) is 0 Å². The van der Waals surface area contributed by atoms with Crippen molar-refractivity contribution in [1.29, 1.82) is 0 Å². The van der Waals surface area contributed by atoms with Gasteiger partial charge >= 0.3 is 5.97 Å². The summed E-state index contributed by atoms with van der Waals surface area (Å²) in [5, 5.41) is 0. The Morgan fingerprint density at radius 3 is 2.33 bits per heavy atom. The highest BCUT2D eigenvalue weighted by molar-refractivity contribution is 7.94. The first-order chi connectivity index (χ1) is 9.71. The van der Waals surface area contributed by atoms with Crippen LogP contribution in [0.4, 0.5) is 0 Å². The van der Waals surface area contributed by atoms with E-state index >= 15 is 0 Å². The van der Waals surface area contributed by atoms with Crippen LogP contribution in [0.2, 0.25) is 0 Å². The Morgan fingerprint density at radius 2 is 1.81 bits per heavy atom. The molecule has 0 saturated carbocycles. The van der Waals surface area contributed by atoms with E-state index in [0.29, 0.717) is 11.1 Å². The smallest absolute Gasteiger partial charge is 0.309 e. The van der Waals surface area contributed by atoms with E-state index in [4.69, 9.17) is 0 Å². The molecule has 2 rings (SSSR count). The van der Waals surface area contributed by atoms with Gasteiger partial charge in [-0.3, -0.25) is 9.59 Å². The number of carbonyl (C=O) groups is 2. The fourth-order valence-electron chi connectivity index (χ4n) is 2.18. The second-order valence-corrected chi connectivity index (χ2v) is 7.76. The number of benzene rings is 1. The van der Waals surface area contributed by atoms with E-state index in [1.165, 1.54) is 21.0 Å². The van der Waals surface area contributed by atoms with Crippen LogP contribution in [0.1, 0.15) is 25.0 Å². The van der Waals surface area contributed by atoms with Crippen LogP contribution in [-0.4, -0.2) is 36.5 Å². The Balaban J connectivity index is 2.26. The molecule has 0 atom stereocenters. The molecule has 1 amide bonds. The Labute approximate surface area is 123 Å². The maximum atomic E-state index is 12.1. The number of nitrogens with zero attached hydrogens (tertiary/aromatic N) is 1. The predicted molar refractivity (Wildman–Crippen MR) is 75.7 cm³/mol. The number of amides is 1. The molecule has 1 fully saturated rings. The number of carbonyl (C=O) groups excluding carboxylic acids is 2. The van der Waals surface area contributed by atoms with Crippen molar-refractivity contribution in [1.82, 2.24) is 4.31 Å². The van der Waals surface area contributed by atoms with Crippen molar-refractivity contribution >= 4 is 21.9 Å². The van der Waals surface area contributed by atoms with E-state index in [-0.39, 0.29) is 13.0 Å². The molecule has 1 saturated heterocycles. The van der Waals surface area contributed by atoms with Gasteiger partial charge in [-0.2, -0.15) is 0 Å². The molecule has 1 aliphatic rings. The zero-order valence-electron chi connectivity index (χ0n) is 12.1. The Kier molecular flexibility index (Phi) is 3.79. The first-order valence-electron chi connectivity index (χ1n) is 6.42. The number of sulfonamides is 1. The molecule has 0 unspecified atom stereocenters. The van der Waals surface area contributed by atoms with Crippen LogP contribution >= 0.6 is 0 Å². The summed E-state index contributed by atoms with van der Waals surface area (Å²) < 4.78 is 28.3. The van der Waals surface area contributed by atoms with Crippen molar-refractivity contribution in [2.75, 3.05) is 7.11 Å². The monoisotopic (exact) mass is 311 g/mol. The molecule has 0 spiro atoms. The fraction of sp³-hybridized carbons (Fsp3) is 0.429. The molecular weight excluding hydrogens is 294 g/mol. The molecule has 1 aliphatic heterocycles. The normalized spacial score (nSPS) is 19.0. The fourth-order valence-corrected chi connectivity index (χ4v) is 3.68. The quantitative estimate of drug-likeness (QED) is 0.770.